The molecule has 2 amide bonds. The number of nitrogens with zero attached hydrogens (tertiary/aromatic N) is 3. The molecule has 1 saturated carbocycles. The van der Waals surface area contributed by atoms with Gasteiger partial charge in [-0.2, -0.15) is 5.10 Å². The third-order valence-electron chi connectivity index (χ3n) is 6.37. The Hall–Kier alpha value is -4.27. The van der Waals surface area contributed by atoms with Gasteiger partial charge in [-0.05, 0) is 38.0 Å². The number of hydrogen-bond acceptors (Lipinski definition) is 6. The molecule has 9 nitrogen and oxygen atoms in total. The lowest BCUT2D eigenvalue weighted by Gasteiger charge is -2.24. The number of nitrogens with one attached hydrogen (secondary N) is 2. The molecular formula is C26H25N5O4. The first-order valence-electron chi connectivity index (χ1n) is 11.5. The number of rotatable bonds is 6. The Balaban J connectivity index is 1.36. The van der Waals surface area contributed by atoms with Crippen LogP contribution in [-0.4, -0.2) is 26.6 Å². The van der Waals surface area contributed by atoms with Gasteiger partial charge in [-0.15, -0.1) is 0 Å². The van der Waals surface area contributed by atoms with Crippen molar-refractivity contribution >= 4 is 28.3 Å². The highest BCUT2D eigenvalue weighted by molar-refractivity contribution is 6.04. The minimum absolute atomic E-state index is 0.0106. The minimum atomic E-state index is -0.422. The summed E-state index contributed by atoms with van der Waals surface area (Å²) in [6.45, 7) is 1.89. The van der Waals surface area contributed by atoms with Crippen LogP contribution in [0.5, 0.6) is 0 Å². The van der Waals surface area contributed by atoms with Crippen LogP contribution in [0, 0.1) is 12.8 Å². The summed E-state index contributed by atoms with van der Waals surface area (Å²) >= 11 is 0. The normalized spacial score (nSPS) is 13.4. The van der Waals surface area contributed by atoms with Gasteiger partial charge in [0.05, 0.1) is 23.2 Å². The topological polar surface area (TPSA) is 119 Å². The minimum Gasteiger partial charge on any atom is -0.441 e. The van der Waals surface area contributed by atoms with E-state index in [0.717, 1.165) is 23.9 Å². The summed E-state index contributed by atoms with van der Waals surface area (Å²) in [6, 6.07) is 14.2. The lowest BCUT2D eigenvalue weighted by molar-refractivity contribution is -0.122. The second-order valence-electron chi connectivity index (χ2n) is 8.69. The van der Waals surface area contributed by atoms with E-state index in [1.165, 1.54) is 7.05 Å². The second-order valence-corrected chi connectivity index (χ2v) is 8.69. The zero-order valence-corrected chi connectivity index (χ0v) is 19.5. The number of carbonyl (C=O) groups excluding carboxylic acids is 2. The maximum atomic E-state index is 13.0. The number of aryl methyl sites for hydroxylation is 2. The van der Waals surface area contributed by atoms with Crippen molar-refractivity contribution in [3.63, 3.8) is 0 Å². The number of oxazole rings is 1. The molecule has 1 fully saturated rings. The maximum Gasteiger partial charge on any atom is 0.274 e. The molecule has 178 valence electrons. The first kappa shape index (κ1) is 22.5. The molecule has 0 spiro atoms. The Bertz CT molecular complexity index is 1500. The van der Waals surface area contributed by atoms with Gasteiger partial charge < -0.3 is 15.1 Å². The number of anilines is 1. The fourth-order valence-corrected chi connectivity index (χ4v) is 4.11. The van der Waals surface area contributed by atoms with E-state index in [9.17, 15) is 14.4 Å². The van der Waals surface area contributed by atoms with Gasteiger partial charge in [-0.1, -0.05) is 36.8 Å². The summed E-state index contributed by atoms with van der Waals surface area (Å²) in [7, 11) is 1.51. The van der Waals surface area contributed by atoms with E-state index in [0.29, 0.717) is 39.4 Å². The van der Waals surface area contributed by atoms with E-state index >= 15 is 0 Å². The number of carbonyl (C=O) groups is 2. The van der Waals surface area contributed by atoms with Crippen LogP contribution in [0.3, 0.4) is 0 Å². The zero-order chi connectivity index (χ0) is 24.5. The van der Waals surface area contributed by atoms with Crippen molar-refractivity contribution in [3.8, 4) is 11.5 Å². The monoisotopic (exact) mass is 471 g/mol. The molecule has 0 atom stereocenters. The Kier molecular flexibility index (Phi) is 5.90. The first-order valence-corrected chi connectivity index (χ1v) is 11.5. The van der Waals surface area contributed by atoms with Crippen LogP contribution in [-0.2, 0) is 18.4 Å². The van der Waals surface area contributed by atoms with Crippen LogP contribution in [0.2, 0.25) is 0 Å². The molecule has 0 radical (unpaired) electrons. The molecule has 0 unspecified atom stereocenters. The van der Waals surface area contributed by atoms with E-state index < -0.39 is 5.91 Å². The van der Waals surface area contributed by atoms with Crippen molar-refractivity contribution in [2.75, 3.05) is 5.32 Å². The molecule has 2 N–H and O–H groups in total. The van der Waals surface area contributed by atoms with Crippen molar-refractivity contribution in [2.45, 2.75) is 32.7 Å². The molecule has 0 saturated heterocycles. The van der Waals surface area contributed by atoms with Crippen molar-refractivity contribution in [1.82, 2.24) is 20.1 Å². The third kappa shape index (κ3) is 4.32. The van der Waals surface area contributed by atoms with Crippen molar-refractivity contribution in [1.29, 1.82) is 0 Å². The van der Waals surface area contributed by atoms with Crippen molar-refractivity contribution in [2.24, 2.45) is 13.0 Å². The fourth-order valence-electron chi connectivity index (χ4n) is 4.11. The summed E-state index contributed by atoms with van der Waals surface area (Å²) < 4.78 is 7.05. The number of hydrogen-bond donors (Lipinski definition) is 2. The van der Waals surface area contributed by atoms with Gasteiger partial charge in [-0.3, -0.25) is 14.4 Å². The van der Waals surface area contributed by atoms with Crippen LogP contribution in [0.1, 0.15) is 41.2 Å². The largest absolute Gasteiger partial charge is 0.441 e. The molecule has 4 aromatic rings. The van der Waals surface area contributed by atoms with Gasteiger partial charge in [0.15, 0.2) is 5.69 Å². The van der Waals surface area contributed by atoms with Crippen molar-refractivity contribution in [3.05, 3.63) is 76.0 Å². The smallest absolute Gasteiger partial charge is 0.274 e. The van der Waals surface area contributed by atoms with Gasteiger partial charge >= 0.3 is 0 Å². The molecule has 5 rings (SSSR count). The fraction of sp³-hybridized carbons (Fsp3) is 0.269. The number of benzene rings is 2. The number of amides is 2. The predicted octanol–water partition coefficient (Wildman–Crippen LogP) is 3.57. The first-order chi connectivity index (χ1) is 16.9. The lowest BCUT2D eigenvalue weighted by Crippen LogP contribution is -2.29. The number of fused-ring (bicyclic) bond motifs is 1. The van der Waals surface area contributed by atoms with E-state index in [-0.39, 0.29) is 29.6 Å². The van der Waals surface area contributed by atoms with Crippen LogP contribution in [0.4, 0.5) is 5.69 Å². The Morgan fingerprint density at radius 1 is 1.09 bits per heavy atom. The lowest BCUT2D eigenvalue weighted by atomic mass is 9.85. The summed E-state index contributed by atoms with van der Waals surface area (Å²) in [5.74, 6) is 0.563. The van der Waals surface area contributed by atoms with Gasteiger partial charge in [0.25, 0.3) is 11.5 Å². The molecule has 1 aliphatic carbocycles. The number of aromatic nitrogens is 3. The van der Waals surface area contributed by atoms with Crippen LogP contribution in [0.15, 0.2) is 57.7 Å². The molecule has 2 aromatic carbocycles. The van der Waals surface area contributed by atoms with Crippen LogP contribution < -0.4 is 16.2 Å². The van der Waals surface area contributed by atoms with Crippen LogP contribution >= 0.6 is 0 Å². The van der Waals surface area contributed by atoms with Crippen molar-refractivity contribution < 1.29 is 14.0 Å². The standard InChI is InChI=1S/C26H25N5O4/c1-15-21(14-27-24(33)22-17-10-3-4-11-18(17)26(34)31(2)30-22)29-25(35-15)19-12-5-6-13-20(19)28-23(32)16-8-7-9-16/h3-6,10-13,16H,7-9,14H2,1-2H3,(H,27,33)(H,28,32). The third-order valence-corrected chi connectivity index (χ3v) is 6.37. The predicted molar refractivity (Wildman–Crippen MR) is 131 cm³/mol. The van der Waals surface area contributed by atoms with Crippen LogP contribution in [0.25, 0.3) is 22.2 Å². The quantitative estimate of drug-likeness (QED) is 0.444. The summed E-state index contributed by atoms with van der Waals surface area (Å²) in [6.07, 6.45) is 2.91. The summed E-state index contributed by atoms with van der Waals surface area (Å²) in [4.78, 5) is 42.3. The summed E-state index contributed by atoms with van der Waals surface area (Å²) in [5.41, 5.74) is 1.77. The average Bonchev–Trinajstić information content (AvgIpc) is 3.19. The number of para-hydroxylation sites is 1. The van der Waals surface area contributed by atoms with Gasteiger partial charge in [0.2, 0.25) is 11.8 Å². The van der Waals surface area contributed by atoms with E-state index in [2.05, 4.69) is 20.7 Å². The maximum absolute atomic E-state index is 13.0. The molecule has 0 bridgehead atoms. The molecule has 2 aromatic heterocycles. The van der Waals surface area contributed by atoms with E-state index in [4.69, 9.17) is 4.42 Å². The van der Waals surface area contributed by atoms with E-state index in [1.54, 1.807) is 31.2 Å². The highest BCUT2D eigenvalue weighted by atomic mass is 16.4. The molecule has 9 heteroatoms. The molecule has 2 heterocycles. The Morgan fingerprint density at radius 3 is 2.54 bits per heavy atom. The van der Waals surface area contributed by atoms with Gasteiger partial charge in [0.1, 0.15) is 11.5 Å². The average molecular weight is 472 g/mol. The SMILES string of the molecule is Cc1oc(-c2ccccc2NC(=O)C2CCC2)nc1CNC(=O)c1nn(C)c(=O)c2ccccc12. The Labute approximate surface area is 201 Å². The highest BCUT2D eigenvalue weighted by Gasteiger charge is 2.26. The Morgan fingerprint density at radius 2 is 1.80 bits per heavy atom. The van der Waals surface area contributed by atoms with E-state index in [1.807, 2.05) is 24.3 Å². The summed E-state index contributed by atoms with van der Waals surface area (Å²) in [5, 5.41) is 10.9. The molecule has 35 heavy (non-hydrogen) atoms. The second kappa shape index (κ2) is 9.17. The van der Waals surface area contributed by atoms with Gasteiger partial charge in [-0.25, -0.2) is 9.67 Å². The highest BCUT2D eigenvalue weighted by Crippen LogP contribution is 2.32. The molecule has 0 aliphatic heterocycles. The molecular weight excluding hydrogens is 446 g/mol. The van der Waals surface area contributed by atoms with Gasteiger partial charge in [0, 0.05) is 18.4 Å². The molecule has 1 aliphatic rings. The zero-order valence-electron chi connectivity index (χ0n) is 19.5.